The Kier molecular flexibility index (Phi) is 2.21. The van der Waals surface area contributed by atoms with Crippen molar-refractivity contribution < 1.29 is 4.39 Å². The van der Waals surface area contributed by atoms with E-state index < -0.39 is 6.17 Å². The van der Waals surface area contributed by atoms with E-state index in [2.05, 4.69) is 11.6 Å². The number of halogens is 1. The first-order chi connectivity index (χ1) is 5.24. The standard InChI is InChI=1S/C8H9FN2/c1-2-7(9)6-3-4-11-8(10)5-6/h2-5,7H,1H2,(H2,10,11). The van der Waals surface area contributed by atoms with Gasteiger partial charge in [0.15, 0.2) is 0 Å². The number of alkyl halides is 1. The Hall–Kier alpha value is -1.38. The van der Waals surface area contributed by atoms with Gasteiger partial charge in [0.1, 0.15) is 12.0 Å². The first-order valence-electron chi connectivity index (χ1n) is 3.22. The summed E-state index contributed by atoms with van der Waals surface area (Å²) in [6.45, 7) is 3.33. The van der Waals surface area contributed by atoms with Gasteiger partial charge in [0.2, 0.25) is 0 Å². The van der Waals surface area contributed by atoms with Crippen molar-refractivity contribution in [3.63, 3.8) is 0 Å². The van der Waals surface area contributed by atoms with Crippen molar-refractivity contribution in [1.82, 2.24) is 4.98 Å². The van der Waals surface area contributed by atoms with Gasteiger partial charge in [-0.05, 0) is 17.7 Å². The van der Waals surface area contributed by atoms with E-state index in [-0.39, 0.29) is 0 Å². The first-order valence-corrected chi connectivity index (χ1v) is 3.22. The maximum absolute atomic E-state index is 12.8. The van der Waals surface area contributed by atoms with Crippen molar-refractivity contribution in [3.05, 3.63) is 36.5 Å². The molecule has 2 N–H and O–H groups in total. The molecule has 1 unspecified atom stereocenters. The largest absolute Gasteiger partial charge is 0.384 e. The van der Waals surface area contributed by atoms with Crippen molar-refractivity contribution in [1.29, 1.82) is 0 Å². The topological polar surface area (TPSA) is 38.9 Å². The molecule has 0 aliphatic carbocycles. The lowest BCUT2D eigenvalue weighted by molar-refractivity contribution is 0.415. The molecule has 3 heteroatoms. The lowest BCUT2D eigenvalue weighted by Gasteiger charge is -2.01. The fraction of sp³-hybridized carbons (Fsp3) is 0.125. The van der Waals surface area contributed by atoms with Gasteiger partial charge in [-0.1, -0.05) is 12.7 Å². The second-order valence-electron chi connectivity index (χ2n) is 2.15. The Morgan fingerprint density at radius 2 is 2.45 bits per heavy atom. The van der Waals surface area contributed by atoms with Gasteiger partial charge in [0.25, 0.3) is 0 Å². The summed E-state index contributed by atoms with van der Waals surface area (Å²) < 4.78 is 12.8. The van der Waals surface area contributed by atoms with Crippen LogP contribution in [-0.4, -0.2) is 4.98 Å². The molecule has 0 fully saturated rings. The second kappa shape index (κ2) is 3.14. The highest BCUT2D eigenvalue weighted by Gasteiger charge is 2.03. The highest BCUT2D eigenvalue weighted by atomic mass is 19.1. The van der Waals surface area contributed by atoms with Crippen LogP contribution in [0.15, 0.2) is 31.0 Å². The van der Waals surface area contributed by atoms with Crippen LogP contribution in [0.4, 0.5) is 10.2 Å². The summed E-state index contributed by atoms with van der Waals surface area (Å²) >= 11 is 0. The van der Waals surface area contributed by atoms with E-state index in [4.69, 9.17) is 5.73 Å². The third-order valence-electron chi connectivity index (χ3n) is 1.33. The molecular weight excluding hydrogens is 143 g/mol. The van der Waals surface area contributed by atoms with E-state index in [0.717, 1.165) is 0 Å². The summed E-state index contributed by atoms with van der Waals surface area (Å²) in [5.74, 6) is 0.326. The molecule has 1 atom stereocenters. The minimum Gasteiger partial charge on any atom is -0.384 e. The maximum Gasteiger partial charge on any atom is 0.143 e. The van der Waals surface area contributed by atoms with Crippen molar-refractivity contribution in [3.8, 4) is 0 Å². The molecule has 0 saturated carbocycles. The number of nitrogens with two attached hydrogens (primary N) is 1. The second-order valence-corrected chi connectivity index (χ2v) is 2.15. The number of hydrogen-bond donors (Lipinski definition) is 1. The average Bonchev–Trinajstić information content (AvgIpc) is 2.03. The van der Waals surface area contributed by atoms with Gasteiger partial charge in [-0.3, -0.25) is 0 Å². The van der Waals surface area contributed by atoms with E-state index in [0.29, 0.717) is 11.4 Å². The third-order valence-corrected chi connectivity index (χ3v) is 1.33. The molecule has 1 aromatic heterocycles. The van der Waals surface area contributed by atoms with Crippen molar-refractivity contribution >= 4 is 5.82 Å². The predicted octanol–water partition coefficient (Wildman–Crippen LogP) is 1.86. The summed E-state index contributed by atoms with van der Waals surface area (Å²) in [5.41, 5.74) is 5.83. The predicted molar refractivity (Wildman–Crippen MR) is 42.7 cm³/mol. The number of anilines is 1. The lowest BCUT2D eigenvalue weighted by atomic mass is 10.2. The number of allylic oxidation sites excluding steroid dienone is 1. The van der Waals surface area contributed by atoms with Crippen molar-refractivity contribution in [2.75, 3.05) is 5.73 Å². The Morgan fingerprint density at radius 3 is 3.00 bits per heavy atom. The van der Waals surface area contributed by atoms with Gasteiger partial charge in [-0.25, -0.2) is 9.37 Å². The fourth-order valence-corrected chi connectivity index (χ4v) is 0.773. The summed E-state index contributed by atoms with van der Waals surface area (Å²) in [4.78, 5) is 3.73. The Morgan fingerprint density at radius 1 is 1.73 bits per heavy atom. The van der Waals surface area contributed by atoms with Crippen molar-refractivity contribution in [2.24, 2.45) is 0 Å². The zero-order valence-corrected chi connectivity index (χ0v) is 6.00. The first kappa shape index (κ1) is 7.72. The molecule has 0 spiro atoms. The van der Waals surface area contributed by atoms with E-state index >= 15 is 0 Å². The molecule has 0 radical (unpaired) electrons. The van der Waals surface area contributed by atoms with Crippen molar-refractivity contribution in [2.45, 2.75) is 6.17 Å². The molecule has 0 aliphatic rings. The molecular formula is C8H9FN2. The Balaban J connectivity index is 2.95. The monoisotopic (exact) mass is 152 g/mol. The summed E-state index contributed by atoms with van der Waals surface area (Å²) in [5, 5.41) is 0. The fourth-order valence-electron chi connectivity index (χ4n) is 0.773. The van der Waals surface area contributed by atoms with Gasteiger partial charge >= 0.3 is 0 Å². The number of aromatic nitrogens is 1. The third kappa shape index (κ3) is 1.77. The molecule has 11 heavy (non-hydrogen) atoms. The smallest absolute Gasteiger partial charge is 0.143 e. The quantitative estimate of drug-likeness (QED) is 0.657. The van der Waals surface area contributed by atoms with Gasteiger partial charge in [0.05, 0.1) is 0 Å². The zero-order chi connectivity index (χ0) is 8.27. The van der Waals surface area contributed by atoms with Crippen LogP contribution in [0.2, 0.25) is 0 Å². The molecule has 2 nitrogen and oxygen atoms in total. The van der Waals surface area contributed by atoms with Crippen LogP contribution < -0.4 is 5.73 Å². The number of nitrogen functional groups attached to an aromatic ring is 1. The molecule has 1 aromatic rings. The molecule has 0 bridgehead atoms. The summed E-state index contributed by atoms with van der Waals surface area (Å²) in [6.07, 6.45) is 1.54. The van der Waals surface area contributed by atoms with Crippen LogP contribution in [0.3, 0.4) is 0 Å². The molecule has 0 aromatic carbocycles. The molecule has 0 aliphatic heterocycles. The van der Waals surface area contributed by atoms with Gasteiger partial charge in [0, 0.05) is 6.20 Å². The summed E-state index contributed by atoms with van der Waals surface area (Å²) in [6, 6.07) is 3.06. The minimum absolute atomic E-state index is 0.326. The van der Waals surface area contributed by atoms with Gasteiger partial charge in [-0.2, -0.15) is 0 Å². The van der Waals surface area contributed by atoms with E-state index in [1.165, 1.54) is 18.3 Å². The Bertz CT molecular complexity index is 260. The average molecular weight is 152 g/mol. The molecule has 0 saturated heterocycles. The lowest BCUT2D eigenvalue weighted by Crippen LogP contribution is -1.93. The number of nitrogens with zero attached hydrogens (tertiary/aromatic N) is 1. The Labute approximate surface area is 64.6 Å². The SMILES string of the molecule is C=CC(F)c1ccnc(N)c1. The zero-order valence-electron chi connectivity index (χ0n) is 6.00. The van der Waals surface area contributed by atoms with Crippen LogP contribution in [0.1, 0.15) is 11.7 Å². The highest BCUT2D eigenvalue weighted by Crippen LogP contribution is 2.18. The van der Waals surface area contributed by atoms with Crippen LogP contribution in [0, 0.1) is 0 Å². The van der Waals surface area contributed by atoms with Gasteiger partial charge in [-0.15, -0.1) is 0 Å². The highest BCUT2D eigenvalue weighted by molar-refractivity contribution is 5.33. The van der Waals surface area contributed by atoms with Crippen LogP contribution in [-0.2, 0) is 0 Å². The molecule has 0 amide bonds. The normalized spacial score (nSPS) is 12.5. The number of rotatable bonds is 2. The van der Waals surface area contributed by atoms with Crippen LogP contribution >= 0.6 is 0 Å². The van der Waals surface area contributed by atoms with Crippen LogP contribution in [0.5, 0.6) is 0 Å². The molecule has 1 heterocycles. The van der Waals surface area contributed by atoms with E-state index in [1.807, 2.05) is 0 Å². The number of hydrogen-bond acceptors (Lipinski definition) is 2. The van der Waals surface area contributed by atoms with Crippen LogP contribution in [0.25, 0.3) is 0 Å². The molecule has 1 rings (SSSR count). The maximum atomic E-state index is 12.8. The van der Waals surface area contributed by atoms with E-state index in [9.17, 15) is 4.39 Å². The van der Waals surface area contributed by atoms with E-state index in [1.54, 1.807) is 6.07 Å². The van der Waals surface area contributed by atoms with Gasteiger partial charge < -0.3 is 5.73 Å². The minimum atomic E-state index is -1.15. The number of pyridine rings is 1. The summed E-state index contributed by atoms with van der Waals surface area (Å²) in [7, 11) is 0. The molecule has 58 valence electrons.